The molecule has 0 amide bonds. The summed E-state index contributed by atoms with van der Waals surface area (Å²) in [5.41, 5.74) is 0.0998. The molecular weight excluding hydrogens is 416 g/mol. The van der Waals surface area contributed by atoms with Crippen molar-refractivity contribution < 1.29 is 35.2 Å². The van der Waals surface area contributed by atoms with Crippen LogP contribution in [0.2, 0.25) is 0 Å². The second-order valence-corrected chi connectivity index (χ2v) is 8.56. The summed E-state index contributed by atoms with van der Waals surface area (Å²) >= 11 is 0. The largest absolute Gasteiger partial charge is 0.744 e. The predicted molar refractivity (Wildman–Crippen MR) is 88.1 cm³/mol. The molecule has 5 aromatic rings. The van der Waals surface area contributed by atoms with Crippen LogP contribution in [0.25, 0.3) is 43.6 Å². The van der Waals surface area contributed by atoms with Crippen molar-refractivity contribution in [3.05, 3.63) is 24.3 Å². The van der Waals surface area contributed by atoms with Gasteiger partial charge in [0.15, 0.2) is 0 Å². The molecule has 0 saturated heterocycles. The average molecular weight is 420 g/mol. The van der Waals surface area contributed by atoms with Crippen LogP contribution in [0.15, 0.2) is 43.3 Å². The number of fused-ring (bicyclic) bond motifs is 6. The van der Waals surface area contributed by atoms with Crippen LogP contribution in [0.4, 0.5) is 0 Å². The van der Waals surface area contributed by atoms with Gasteiger partial charge in [-0.15, -0.1) is 0 Å². The van der Waals surface area contributed by atoms with Gasteiger partial charge in [-0.2, -0.15) is 0 Å². The summed E-state index contributed by atoms with van der Waals surface area (Å²) in [5, 5.41) is 14.4. The lowest BCUT2D eigenvalue weighted by Gasteiger charge is -2.14. The van der Waals surface area contributed by atoms with Gasteiger partial charge in [-0.3, -0.25) is 0 Å². The third kappa shape index (κ3) is 2.29. The Hall–Kier alpha value is -3.20. The lowest BCUT2D eigenvalue weighted by atomic mass is 10.0. The van der Waals surface area contributed by atoms with E-state index in [9.17, 15) is 25.9 Å². The molecule has 0 aliphatic rings. The van der Waals surface area contributed by atoms with Crippen molar-refractivity contribution in [1.82, 2.24) is 20.6 Å². The van der Waals surface area contributed by atoms with Gasteiger partial charge in [0, 0.05) is 21.5 Å². The maximum absolute atomic E-state index is 11.8. The lowest BCUT2D eigenvalue weighted by molar-refractivity contribution is 0.315. The van der Waals surface area contributed by atoms with Crippen molar-refractivity contribution in [2.75, 3.05) is 0 Å². The van der Waals surface area contributed by atoms with Gasteiger partial charge >= 0.3 is 0 Å². The minimum Gasteiger partial charge on any atom is -0.744 e. The molecule has 0 spiro atoms. The molecule has 0 saturated carbocycles. The molecule has 14 heteroatoms. The summed E-state index contributed by atoms with van der Waals surface area (Å²) in [7, 11) is -9.89. The topological polar surface area (TPSA) is 192 Å². The molecule has 142 valence electrons. The van der Waals surface area contributed by atoms with E-state index in [1.807, 2.05) is 0 Å². The van der Waals surface area contributed by atoms with Gasteiger partial charge in [-0.25, -0.2) is 26.1 Å². The lowest BCUT2D eigenvalue weighted by Crippen LogP contribution is -2.02. The highest BCUT2D eigenvalue weighted by Crippen LogP contribution is 2.37. The Kier molecular flexibility index (Phi) is 3.14. The third-order valence-corrected chi connectivity index (χ3v) is 6.05. The molecule has 2 heterocycles. The van der Waals surface area contributed by atoms with Crippen molar-refractivity contribution >= 4 is 63.8 Å². The number of hydrogen-bond acceptors (Lipinski definition) is 12. The van der Waals surface area contributed by atoms with Gasteiger partial charge in [0.2, 0.25) is 0 Å². The first-order valence-corrected chi connectivity index (χ1v) is 10.2. The predicted octanol–water partition coefficient (Wildman–Crippen LogP) is 0.874. The van der Waals surface area contributed by atoms with Crippen LogP contribution < -0.4 is 0 Å². The summed E-state index contributed by atoms with van der Waals surface area (Å²) in [6, 6.07) is 4.42. The van der Waals surface area contributed by atoms with E-state index in [-0.39, 0.29) is 43.6 Å². The SMILES string of the molecule is O=S(=O)([O-])c1cc2nonc2c2cc3c(S(=O)(=O)[O-])cc4nonc4c3cc12. The van der Waals surface area contributed by atoms with Crippen LogP contribution in [0.1, 0.15) is 0 Å². The first-order valence-electron chi connectivity index (χ1n) is 7.34. The van der Waals surface area contributed by atoms with Gasteiger partial charge in [-0.05, 0) is 44.9 Å². The molecule has 0 radical (unpaired) electrons. The zero-order chi connectivity index (χ0) is 19.8. The zero-order valence-electron chi connectivity index (χ0n) is 13.2. The molecule has 12 nitrogen and oxygen atoms in total. The van der Waals surface area contributed by atoms with Crippen molar-refractivity contribution in [2.24, 2.45) is 0 Å². The minimum absolute atomic E-state index is 0.0306. The summed E-state index contributed by atoms with van der Waals surface area (Å²) in [4.78, 5) is -1.24. The van der Waals surface area contributed by atoms with Gasteiger partial charge in [0.05, 0.1) is 9.79 Å². The number of aromatic nitrogens is 4. The highest BCUT2D eigenvalue weighted by molar-refractivity contribution is 7.86. The van der Waals surface area contributed by atoms with E-state index in [0.29, 0.717) is 0 Å². The van der Waals surface area contributed by atoms with Crippen molar-refractivity contribution in [3.63, 3.8) is 0 Å². The van der Waals surface area contributed by atoms with Crippen molar-refractivity contribution in [2.45, 2.75) is 9.79 Å². The van der Waals surface area contributed by atoms with Gasteiger partial charge in [0.1, 0.15) is 42.3 Å². The summed E-state index contributed by atoms with van der Waals surface area (Å²) in [5.74, 6) is 0. The molecule has 0 unspecified atom stereocenters. The van der Waals surface area contributed by atoms with Crippen LogP contribution in [0.5, 0.6) is 0 Å². The van der Waals surface area contributed by atoms with E-state index < -0.39 is 30.0 Å². The van der Waals surface area contributed by atoms with E-state index in [4.69, 9.17) is 0 Å². The highest BCUT2D eigenvalue weighted by Gasteiger charge is 2.20. The fourth-order valence-corrected chi connectivity index (χ4v) is 4.56. The van der Waals surface area contributed by atoms with Gasteiger partial charge in [0.25, 0.3) is 0 Å². The first kappa shape index (κ1) is 16.9. The Morgan fingerprint density at radius 3 is 1.36 bits per heavy atom. The Labute approximate surface area is 154 Å². The fraction of sp³-hybridized carbons (Fsp3) is 0. The smallest absolute Gasteiger partial charge is 0.143 e. The number of rotatable bonds is 2. The van der Waals surface area contributed by atoms with E-state index in [1.54, 1.807) is 0 Å². The van der Waals surface area contributed by atoms with Crippen LogP contribution >= 0.6 is 0 Å². The number of hydrogen-bond donors (Lipinski definition) is 0. The normalized spacial score (nSPS) is 13.2. The maximum Gasteiger partial charge on any atom is 0.143 e. The minimum atomic E-state index is -4.94. The Morgan fingerprint density at radius 1 is 0.607 bits per heavy atom. The second-order valence-electron chi connectivity index (χ2n) is 5.86. The second kappa shape index (κ2) is 5.20. The Bertz CT molecular complexity index is 1540. The van der Waals surface area contributed by atoms with E-state index >= 15 is 0 Å². The van der Waals surface area contributed by atoms with Crippen LogP contribution in [0, 0.1) is 0 Å². The molecule has 0 fully saturated rings. The quantitative estimate of drug-likeness (QED) is 0.289. The molecule has 3 aromatic carbocycles. The molecule has 0 bridgehead atoms. The van der Waals surface area contributed by atoms with Crippen LogP contribution in [0.3, 0.4) is 0 Å². The van der Waals surface area contributed by atoms with Crippen LogP contribution in [-0.2, 0) is 20.2 Å². The third-order valence-electron chi connectivity index (χ3n) is 4.30. The molecule has 0 N–H and O–H groups in total. The monoisotopic (exact) mass is 420 g/mol. The Balaban J connectivity index is 2.14. The first-order chi connectivity index (χ1) is 13.1. The van der Waals surface area contributed by atoms with Crippen LogP contribution in [-0.4, -0.2) is 46.6 Å². The van der Waals surface area contributed by atoms with Crippen molar-refractivity contribution in [1.29, 1.82) is 0 Å². The molecule has 5 rings (SSSR count). The molecule has 2 aromatic heterocycles. The summed E-state index contributed by atoms with van der Waals surface area (Å²) in [6.45, 7) is 0. The van der Waals surface area contributed by atoms with E-state index in [1.165, 1.54) is 12.1 Å². The Morgan fingerprint density at radius 2 is 1.00 bits per heavy atom. The van der Waals surface area contributed by atoms with Gasteiger partial charge < -0.3 is 9.11 Å². The summed E-state index contributed by atoms with van der Waals surface area (Å²) in [6.07, 6.45) is 0. The summed E-state index contributed by atoms with van der Waals surface area (Å²) < 4.78 is 79.8. The molecular formula is C14H4N4O8S2-2. The highest BCUT2D eigenvalue weighted by atomic mass is 32.2. The fourth-order valence-electron chi connectivity index (χ4n) is 3.17. The molecule has 28 heavy (non-hydrogen) atoms. The van der Waals surface area contributed by atoms with E-state index in [2.05, 4.69) is 29.9 Å². The zero-order valence-corrected chi connectivity index (χ0v) is 14.8. The molecule has 0 atom stereocenters. The number of benzene rings is 3. The van der Waals surface area contributed by atoms with Gasteiger partial charge in [-0.1, -0.05) is 0 Å². The van der Waals surface area contributed by atoms with Crippen molar-refractivity contribution in [3.8, 4) is 0 Å². The number of nitrogens with zero attached hydrogens (tertiary/aromatic N) is 4. The standard InChI is InChI=1S/C14H6N4O8S2/c19-27(20,21)11-3-10-14(18-26-16-10)8-2-6-7(1-5(8)11)13-9(15-25-17-13)4-12(6)28(22,23)24/h1-4H,(H,19,20,21)(H,22,23,24)/p-2. The molecule has 0 aliphatic carbocycles. The average Bonchev–Trinajstić information content (AvgIpc) is 3.26. The maximum atomic E-state index is 11.8. The van der Waals surface area contributed by atoms with E-state index in [0.717, 1.165) is 12.1 Å². The molecule has 0 aliphatic heterocycles.